The van der Waals surface area contributed by atoms with Gasteiger partial charge in [-0.1, -0.05) is 0 Å². The maximum absolute atomic E-state index is 10.9. The fraction of sp³-hybridized carbons (Fsp3) is 0.500. The second-order valence-corrected chi connectivity index (χ2v) is 5.17. The van der Waals surface area contributed by atoms with Crippen LogP contribution in [0.5, 0.6) is 0 Å². The number of aromatic nitrogens is 1. The predicted molar refractivity (Wildman–Crippen MR) is 63.0 cm³/mol. The average molecular weight is 286 g/mol. The average Bonchev–Trinajstić information content (AvgIpc) is 3.01. The Kier molecular flexibility index (Phi) is 2.94. The lowest BCUT2D eigenvalue weighted by Crippen LogP contribution is -2.19. The highest BCUT2D eigenvalue weighted by atomic mass is 79.9. The van der Waals surface area contributed by atoms with Crippen molar-refractivity contribution in [1.82, 2.24) is 4.98 Å². The first-order valence-corrected chi connectivity index (χ1v) is 5.84. The molecule has 0 saturated heterocycles. The molecule has 1 saturated carbocycles. The van der Waals surface area contributed by atoms with Gasteiger partial charge < -0.3 is 5.73 Å². The quantitative estimate of drug-likeness (QED) is 0.678. The number of pyridine rings is 1. The molecule has 1 heterocycles. The van der Waals surface area contributed by atoms with Gasteiger partial charge in [0, 0.05) is 23.2 Å². The molecule has 86 valence electrons. The SMILES string of the molecule is NCC1(Cc2ncc(Br)cc2[N+](=O)[O-])CC1. The molecule has 0 amide bonds. The van der Waals surface area contributed by atoms with Gasteiger partial charge in [0.05, 0.1) is 4.92 Å². The molecule has 1 aromatic heterocycles. The molecule has 5 nitrogen and oxygen atoms in total. The van der Waals surface area contributed by atoms with Crippen molar-refractivity contribution in [1.29, 1.82) is 0 Å². The van der Waals surface area contributed by atoms with Crippen LogP contribution in [0.1, 0.15) is 18.5 Å². The van der Waals surface area contributed by atoms with E-state index in [0.717, 1.165) is 12.8 Å². The largest absolute Gasteiger partial charge is 0.330 e. The van der Waals surface area contributed by atoms with Gasteiger partial charge in [0.2, 0.25) is 0 Å². The van der Waals surface area contributed by atoms with Crippen LogP contribution in [0.15, 0.2) is 16.7 Å². The summed E-state index contributed by atoms with van der Waals surface area (Å²) in [5.41, 5.74) is 6.34. The molecule has 0 spiro atoms. The summed E-state index contributed by atoms with van der Waals surface area (Å²) in [5.74, 6) is 0. The number of nitrogens with two attached hydrogens (primary N) is 1. The Hall–Kier alpha value is -1.01. The lowest BCUT2D eigenvalue weighted by atomic mass is 9.99. The van der Waals surface area contributed by atoms with Crippen LogP contribution < -0.4 is 5.73 Å². The zero-order valence-corrected chi connectivity index (χ0v) is 10.2. The van der Waals surface area contributed by atoms with Crippen LogP contribution in [0, 0.1) is 15.5 Å². The third kappa shape index (κ3) is 2.22. The van der Waals surface area contributed by atoms with E-state index in [4.69, 9.17) is 5.73 Å². The van der Waals surface area contributed by atoms with Crippen molar-refractivity contribution in [3.8, 4) is 0 Å². The summed E-state index contributed by atoms with van der Waals surface area (Å²) in [4.78, 5) is 14.6. The molecule has 0 bridgehead atoms. The van der Waals surface area contributed by atoms with E-state index in [0.29, 0.717) is 23.1 Å². The molecule has 1 fully saturated rings. The van der Waals surface area contributed by atoms with E-state index in [1.165, 1.54) is 6.07 Å². The number of hydrogen-bond donors (Lipinski definition) is 1. The minimum atomic E-state index is -0.389. The second-order valence-electron chi connectivity index (χ2n) is 4.26. The lowest BCUT2D eigenvalue weighted by Gasteiger charge is -2.11. The highest BCUT2D eigenvalue weighted by molar-refractivity contribution is 9.10. The molecule has 1 aromatic rings. The summed E-state index contributed by atoms with van der Waals surface area (Å²) in [5, 5.41) is 10.9. The van der Waals surface area contributed by atoms with Crippen LogP contribution in [-0.4, -0.2) is 16.5 Å². The van der Waals surface area contributed by atoms with Gasteiger partial charge in [-0.25, -0.2) is 0 Å². The molecule has 1 aliphatic rings. The van der Waals surface area contributed by atoms with E-state index in [1.54, 1.807) is 6.20 Å². The Morgan fingerprint density at radius 2 is 2.31 bits per heavy atom. The van der Waals surface area contributed by atoms with E-state index in [1.807, 2.05) is 0 Å². The molecule has 6 heteroatoms. The van der Waals surface area contributed by atoms with Crippen molar-refractivity contribution in [2.24, 2.45) is 11.1 Å². The zero-order chi connectivity index (χ0) is 11.8. The van der Waals surface area contributed by atoms with Gasteiger partial charge in [-0.05, 0) is 40.7 Å². The molecule has 0 atom stereocenters. The van der Waals surface area contributed by atoms with Gasteiger partial charge in [0.15, 0.2) is 0 Å². The summed E-state index contributed by atoms with van der Waals surface area (Å²) in [6.45, 7) is 0.571. The van der Waals surface area contributed by atoms with Crippen LogP contribution in [0.2, 0.25) is 0 Å². The third-order valence-electron chi connectivity index (χ3n) is 3.04. The van der Waals surface area contributed by atoms with Crippen LogP contribution in [-0.2, 0) is 6.42 Å². The van der Waals surface area contributed by atoms with Crippen LogP contribution in [0.3, 0.4) is 0 Å². The first-order chi connectivity index (χ1) is 7.56. The summed E-state index contributed by atoms with van der Waals surface area (Å²) in [6.07, 6.45) is 4.28. The van der Waals surface area contributed by atoms with Crippen molar-refractivity contribution in [3.63, 3.8) is 0 Å². The fourth-order valence-electron chi connectivity index (χ4n) is 1.74. The second kappa shape index (κ2) is 4.10. The topological polar surface area (TPSA) is 82.0 Å². The normalized spacial score (nSPS) is 17.1. The number of nitro groups is 1. The highest BCUT2D eigenvalue weighted by Crippen LogP contribution is 2.48. The fourth-order valence-corrected chi connectivity index (χ4v) is 2.06. The molecule has 16 heavy (non-hydrogen) atoms. The molecule has 0 aromatic carbocycles. The molecular weight excluding hydrogens is 274 g/mol. The van der Waals surface area contributed by atoms with Crippen LogP contribution >= 0.6 is 15.9 Å². The van der Waals surface area contributed by atoms with E-state index >= 15 is 0 Å². The smallest absolute Gasteiger partial charge is 0.291 e. The molecular formula is C10H12BrN3O2. The Morgan fingerprint density at radius 3 is 2.81 bits per heavy atom. The Balaban J connectivity index is 2.29. The minimum absolute atomic E-state index is 0.0611. The minimum Gasteiger partial charge on any atom is -0.330 e. The van der Waals surface area contributed by atoms with Gasteiger partial charge >= 0.3 is 0 Å². The summed E-state index contributed by atoms with van der Waals surface area (Å²) < 4.78 is 0.626. The number of nitrogens with zero attached hydrogens (tertiary/aromatic N) is 2. The number of halogens is 1. The maximum Gasteiger partial charge on any atom is 0.291 e. The third-order valence-corrected chi connectivity index (χ3v) is 3.48. The summed E-state index contributed by atoms with van der Waals surface area (Å²) >= 11 is 3.19. The van der Waals surface area contributed by atoms with E-state index < -0.39 is 0 Å². The molecule has 0 radical (unpaired) electrons. The van der Waals surface area contributed by atoms with Gasteiger partial charge in [-0.2, -0.15) is 0 Å². The standard InChI is InChI=1S/C10H12BrN3O2/c11-7-3-9(14(15)16)8(13-5-7)4-10(6-12)1-2-10/h3,5H,1-2,4,6,12H2. The first kappa shape index (κ1) is 11.5. The van der Waals surface area contributed by atoms with Crippen molar-refractivity contribution in [2.75, 3.05) is 6.54 Å². The van der Waals surface area contributed by atoms with Crippen LogP contribution in [0.25, 0.3) is 0 Å². The van der Waals surface area contributed by atoms with Gasteiger partial charge in [-0.15, -0.1) is 0 Å². The van der Waals surface area contributed by atoms with Crippen molar-refractivity contribution >= 4 is 21.6 Å². The van der Waals surface area contributed by atoms with E-state index in [2.05, 4.69) is 20.9 Å². The number of hydrogen-bond acceptors (Lipinski definition) is 4. The Labute approximate surface area is 101 Å². The Morgan fingerprint density at radius 1 is 1.62 bits per heavy atom. The van der Waals surface area contributed by atoms with Gasteiger partial charge in [-0.3, -0.25) is 15.1 Å². The van der Waals surface area contributed by atoms with Crippen LogP contribution in [0.4, 0.5) is 5.69 Å². The lowest BCUT2D eigenvalue weighted by molar-refractivity contribution is -0.386. The predicted octanol–water partition coefficient (Wildman–Crippen LogP) is 2.03. The molecule has 2 N–H and O–H groups in total. The Bertz CT molecular complexity index is 432. The number of rotatable bonds is 4. The van der Waals surface area contributed by atoms with E-state index in [9.17, 15) is 10.1 Å². The van der Waals surface area contributed by atoms with Crippen molar-refractivity contribution in [3.05, 3.63) is 32.5 Å². The monoisotopic (exact) mass is 285 g/mol. The highest BCUT2D eigenvalue weighted by Gasteiger charge is 2.42. The molecule has 0 unspecified atom stereocenters. The molecule has 1 aliphatic carbocycles. The summed E-state index contributed by atoms with van der Waals surface area (Å²) in [6, 6.07) is 1.49. The van der Waals surface area contributed by atoms with E-state index in [-0.39, 0.29) is 16.0 Å². The molecule has 2 rings (SSSR count). The van der Waals surface area contributed by atoms with Gasteiger partial charge in [0.1, 0.15) is 5.69 Å². The zero-order valence-electron chi connectivity index (χ0n) is 8.65. The van der Waals surface area contributed by atoms with Gasteiger partial charge in [0.25, 0.3) is 5.69 Å². The van der Waals surface area contributed by atoms with Crippen molar-refractivity contribution < 1.29 is 4.92 Å². The molecule has 0 aliphatic heterocycles. The maximum atomic E-state index is 10.9. The van der Waals surface area contributed by atoms with Crippen molar-refractivity contribution in [2.45, 2.75) is 19.3 Å². The summed E-state index contributed by atoms with van der Waals surface area (Å²) in [7, 11) is 0. The first-order valence-electron chi connectivity index (χ1n) is 5.05.